The molecule has 1 aromatic heterocycles. The Morgan fingerprint density at radius 3 is 2.27 bits per heavy atom. The van der Waals surface area contributed by atoms with Gasteiger partial charge in [0.1, 0.15) is 34.4 Å². The lowest BCUT2D eigenvalue weighted by atomic mass is 10.1. The number of rotatable bonds is 9. The lowest BCUT2D eigenvalue weighted by Gasteiger charge is -2.22. The van der Waals surface area contributed by atoms with Gasteiger partial charge in [0.05, 0.1) is 17.7 Å². The fraction of sp³-hybridized carbons (Fsp3) is 0.450. The van der Waals surface area contributed by atoms with Crippen molar-refractivity contribution in [3.8, 4) is 23.1 Å². The van der Waals surface area contributed by atoms with E-state index in [2.05, 4.69) is 15.3 Å². The number of aromatic nitrogens is 2. The summed E-state index contributed by atoms with van der Waals surface area (Å²) in [5.41, 5.74) is -1.25. The van der Waals surface area contributed by atoms with Gasteiger partial charge in [-0.2, -0.15) is 28.4 Å². The van der Waals surface area contributed by atoms with Gasteiger partial charge in [0.2, 0.25) is 5.95 Å². The third-order valence-corrected chi connectivity index (χ3v) is 4.70. The van der Waals surface area contributed by atoms with E-state index in [0.29, 0.717) is 13.0 Å². The van der Waals surface area contributed by atoms with E-state index in [1.54, 1.807) is 6.19 Å². The van der Waals surface area contributed by atoms with Crippen molar-refractivity contribution in [1.82, 2.24) is 14.9 Å². The second-order valence-corrected chi connectivity index (χ2v) is 7.73. The van der Waals surface area contributed by atoms with Crippen molar-refractivity contribution in [1.29, 1.82) is 5.26 Å². The number of nitriles is 1. The molecular formula is C20H22ClF5N6O. The second-order valence-electron chi connectivity index (χ2n) is 7.37. The molecule has 2 rings (SSSR count). The van der Waals surface area contributed by atoms with Crippen molar-refractivity contribution >= 4 is 23.4 Å². The summed E-state index contributed by atoms with van der Waals surface area (Å²) in [6.07, 6.45) is -2.42. The van der Waals surface area contributed by atoms with Crippen LogP contribution in [0, 0.1) is 23.1 Å². The largest absolute Gasteiger partial charge is 0.493 e. The zero-order valence-corrected chi connectivity index (χ0v) is 19.0. The fourth-order valence-corrected chi connectivity index (χ4v) is 2.93. The SMILES string of the molecule is C[C@H](Nc1nc(N(C)C#N)nc(Cl)c1-c1c(F)cc(OCCCN(C)C)cc1F)C(F)(F)F. The van der Waals surface area contributed by atoms with Crippen LogP contribution in [0.5, 0.6) is 5.75 Å². The summed E-state index contributed by atoms with van der Waals surface area (Å²) in [4.78, 5) is 10.4. The maximum atomic E-state index is 14.9. The minimum Gasteiger partial charge on any atom is -0.493 e. The van der Waals surface area contributed by atoms with Crippen LogP contribution in [-0.4, -0.2) is 61.4 Å². The van der Waals surface area contributed by atoms with E-state index < -0.39 is 46.0 Å². The monoisotopic (exact) mass is 492 g/mol. The molecule has 180 valence electrons. The molecule has 0 saturated carbocycles. The summed E-state index contributed by atoms with van der Waals surface area (Å²) in [6.45, 7) is 1.70. The molecule has 2 aromatic rings. The molecule has 0 radical (unpaired) electrons. The first kappa shape index (κ1) is 26.3. The van der Waals surface area contributed by atoms with Crippen molar-refractivity contribution in [3.63, 3.8) is 0 Å². The topological polar surface area (TPSA) is 77.3 Å². The average Bonchev–Trinajstić information content (AvgIpc) is 2.70. The highest BCUT2D eigenvalue weighted by molar-refractivity contribution is 6.32. The summed E-state index contributed by atoms with van der Waals surface area (Å²) in [7, 11) is 4.97. The van der Waals surface area contributed by atoms with Gasteiger partial charge in [0, 0.05) is 25.7 Å². The van der Waals surface area contributed by atoms with Crippen LogP contribution in [0.1, 0.15) is 13.3 Å². The molecule has 0 amide bonds. The molecule has 1 heterocycles. The van der Waals surface area contributed by atoms with Crippen molar-refractivity contribution in [2.75, 3.05) is 44.5 Å². The van der Waals surface area contributed by atoms with E-state index in [4.69, 9.17) is 21.6 Å². The number of hydrogen-bond donors (Lipinski definition) is 1. The van der Waals surface area contributed by atoms with E-state index in [-0.39, 0.29) is 18.3 Å². The third-order valence-electron chi connectivity index (χ3n) is 4.43. The van der Waals surface area contributed by atoms with Gasteiger partial charge < -0.3 is 15.0 Å². The van der Waals surface area contributed by atoms with Crippen LogP contribution in [0.2, 0.25) is 5.15 Å². The summed E-state index contributed by atoms with van der Waals surface area (Å²) >= 11 is 6.11. The second kappa shape index (κ2) is 10.8. The Morgan fingerprint density at radius 1 is 1.15 bits per heavy atom. The molecule has 1 aromatic carbocycles. The van der Waals surface area contributed by atoms with Gasteiger partial charge in [-0.1, -0.05) is 11.6 Å². The van der Waals surface area contributed by atoms with E-state index in [0.717, 1.165) is 24.0 Å². The molecule has 0 spiro atoms. The molecule has 0 aliphatic carbocycles. The number of ether oxygens (including phenoxy) is 1. The molecule has 1 N–H and O–H groups in total. The third kappa shape index (κ3) is 6.79. The van der Waals surface area contributed by atoms with Gasteiger partial charge in [-0.25, -0.2) is 8.78 Å². The lowest BCUT2D eigenvalue weighted by molar-refractivity contribution is -0.138. The number of anilines is 2. The van der Waals surface area contributed by atoms with Crippen molar-refractivity contribution in [2.45, 2.75) is 25.6 Å². The Kier molecular flexibility index (Phi) is 8.63. The Hall–Kier alpha value is -2.91. The van der Waals surface area contributed by atoms with Crippen molar-refractivity contribution < 1.29 is 26.7 Å². The number of benzene rings is 1. The standard InChI is InChI=1S/C20H22ClF5N6O/c1-11(20(24,25)26)28-18-16(17(21)29-19(30-18)32(4)10-27)15-13(22)8-12(9-14(15)23)33-7-5-6-31(2)3/h8-9,11H,5-7H2,1-4H3,(H,28,29,30)/t11-/m0/s1. The quantitative estimate of drug-likeness (QED) is 0.179. The number of nitrogens with zero attached hydrogens (tertiary/aromatic N) is 5. The van der Waals surface area contributed by atoms with Gasteiger partial charge in [-0.15, -0.1) is 0 Å². The Bertz CT molecular complexity index is 1000. The predicted molar refractivity (Wildman–Crippen MR) is 114 cm³/mol. The molecule has 13 heteroatoms. The minimum atomic E-state index is -4.70. The van der Waals surface area contributed by atoms with Gasteiger partial charge in [0.15, 0.2) is 6.19 Å². The summed E-state index contributed by atoms with van der Waals surface area (Å²) in [5, 5.41) is 10.5. The highest BCUT2D eigenvalue weighted by atomic mass is 35.5. The smallest absolute Gasteiger partial charge is 0.408 e. The van der Waals surface area contributed by atoms with Crippen LogP contribution < -0.4 is 15.0 Å². The zero-order valence-electron chi connectivity index (χ0n) is 18.3. The molecule has 7 nitrogen and oxygen atoms in total. The highest BCUT2D eigenvalue weighted by Crippen LogP contribution is 2.39. The summed E-state index contributed by atoms with van der Waals surface area (Å²) in [5.74, 6) is -3.30. The van der Waals surface area contributed by atoms with Crippen LogP contribution in [0.15, 0.2) is 12.1 Å². The number of alkyl halides is 3. The molecular weight excluding hydrogens is 471 g/mol. The number of hydrogen-bond acceptors (Lipinski definition) is 7. The first-order valence-electron chi connectivity index (χ1n) is 9.66. The summed E-state index contributed by atoms with van der Waals surface area (Å²) in [6, 6.07) is -0.347. The first-order valence-corrected chi connectivity index (χ1v) is 10.0. The minimum absolute atomic E-state index is 0.0939. The normalized spacial score (nSPS) is 12.4. The van der Waals surface area contributed by atoms with Gasteiger partial charge in [-0.3, -0.25) is 4.90 Å². The molecule has 0 fully saturated rings. The van der Waals surface area contributed by atoms with Gasteiger partial charge >= 0.3 is 6.18 Å². The maximum absolute atomic E-state index is 14.9. The molecule has 0 aliphatic rings. The van der Waals surface area contributed by atoms with Crippen LogP contribution >= 0.6 is 11.6 Å². The molecule has 1 atom stereocenters. The van der Waals surface area contributed by atoms with Gasteiger partial charge in [-0.05, 0) is 27.4 Å². The van der Waals surface area contributed by atoms with Crippen LogP contribution in [0.4, 0.5) is 33.7 Å². The Labute approximate surface area is 192 Å². The van der Waals surface area contributed by atoms with E-state index in [9.17, 15) is 22.0 Å². The summed E-state index contributed by atoms with van der Waals surface area (Å²) < 4.78 is 74.6. The zero-order chi connectivity index (χ0) is 24.9. The van der Waals surface area contributed by atoms with Crippen LogP contribution in [0.3, 0.4) is 0 Å². The van der Waals surface area contributed by atoms with Gasteiger partial charge in [0.25, 0.3) is 0 Å². The van der Waals surface area contributed by atoms with Crippen LogP contribution in [-0.2, 0) is 0 Å². The average molecular weight is 493 g/mol. The fourth-order valence-electron chi connectivity index (χ4n) is 2.67. The molecule has 33 heavy (non-hydrogen) atoms. The van der Waals surface area contributed by atoms with Crippen LogP contribution in [0.25, 0.3) is 11.1 Å². The molecule has 0 saturated heterocycles. The predicted octanol–water partition coefficient (Wildman–Crippen LogP) is 4.69. The van der Waals surface area contributed by atoms with E-state index in [1.165, 1.54) is 7.05 Å². The first-order chi connectivity index (χ1) is 15.3. The molecule has 0 bridgehead atoms. The molecule has 0 unspecified atom stereocenters. The van der Waals surface area contributed by atoms with E-state index >= 15 is 0 Å². The van der Waals surface area contributed by atoms with E-state index in [1.807, 2.05) is 19.0 Å². The Morgan fingerprint density at radius 2 is 1.76 bits per heavy atom. The maximum Gasteiger partial charge on any atom is 0.408 e. The van der Waals surface area contributed by atoms with Crippen molar-refractivity contribution in [3.05, 3.63) is 28.9 Å². The number of nitrogens with one attached hydrogen (secondary N) is 1. The highest BCUT2D eigenvalue weighted by Gasteiger charge is 2.37. The molecule has 0 aliphatic heterocycles. The number of halogens is 6. The lowest BCUT2D eigenvalue weighted by Crippen LogP contribution is -2.34. The Balaban J connectivity index is 2.52. The van der Waals surface area contributed by atoms with Crippen molar-refractivity contribution in [2.24, 2.45) is 0 Å².